The number of benzene rings is 3. The minimum Gasteiger partial charge on any atom is -0.480 e. The van der Waals surface area contributed by atoms with E-state index in [-0.39, 0.29) is 25.9 Å². The number of fused-ring (bicyclic) bond motifs is 1. The van der Waals surface area contributed by atoms with E-state index in [1.807, 2.05) is 54.6 Å². The number of amides is 2. The minimum absolute atomic E-state index is 0.0120. The molecule has 1 aliphatic carbocycles. The third-order valence-electron chi connectivity index (χ3n) is 8.13. The van der Waals surface area contributed by atoms with Gasteiger partial charge in [0.15, 0.2) is 0 Å². The quantitative estimate of drug-likeness (QED) is 0.137. The summed E-state index contributed by atoms with van der Waals surface area (Å²) < 4.78 is 19.6. The van der Waals surface area contributed by atoms with E-state index in [2.05, 4.69) is 15.6 Å². The van der Waals surface area contributed by atoms with Crippen LogP contribution < -0.4 is 10.6 Å². The molecule has 5 atom stereocenters. The number of H-pyrrole nitrogens is 1. The summed E-state index contributed by atoms with van der Waals surface area (Å²) in [5.74, 6) is -3.90. The number of carbonyl (C=O) groups excluding carboxylic acids is 2. The Morgan fingerprint density at radius 1 is 0.886 bits per heavy atom. The smallest absolute Gasteiger partial charge is 0.408 e. The zero-order valence-electron chi connectivity index (χ0n) is 24.1. The number of ether oxygens (including phenoxy) is 1. The summed E-state index contributed by atoms with van der Waals surface area (Å²) in [6, 6.07) is 26.2. The SMILES string of the molecule is O=C(NC(Cc1ccccc1)P(=O)(O)C1CCCC1C(=O)NC(Cc1cc2ccccc2[nH]1)C(=O)O)OCc1ccccc1. The first-order valence-corrected chi connectivity index (χ1v) is 16.4. The average molecular weight is 618 g/mol. The van der Waals surface area contributed by atoms with Gasteiger partial charge in [-0.15, -0.1) is 0 Å². The van der Waals surface area contributed by atoms with E-state index in [0.29, 0.717) is 18.5 Å². The highest BCUT2D eigenvalue weighted by molar-refractivity contribution is 7.59. The maximum Gasteiger partial charge on any atom is 0.408 e. The predicted molar refractivity (Wildman–Crippen MR) is 166 cm³/mol. The number of hydrogen-bond acceptors (Lipinski definition) is 5. The Morgan fingerprint density at radius 3 is 2.23 bits per heavy atom. The van der Waals surface area contributed by atoms with Gasteiger partial charge in [0, 0.05) is 35.6 Å². The Balaban J connectivity index is 1.31. The van der Waals surface area contributed by atoms with Crippen LogP contribution in [0.15, 0.2) is 91.0 Å². The van der Waals surface area contributed by atoms with Gasteiger partial charge in [-0.3, -0.25) is 9.36 Å². The first-order valence-electron chi connectivity index (χ1n) is 14.6. The van der Waals surface area contributed by atoms with Crippen molar-refractivity contribution < 1.29 is 33.7 Å². The van der Waals surface area contributed by atoms with Crippen molar-refractivity contribution in [3.05, 3.63) is 108 Å². The van der Waals surface area contributed by atoms with Crippen molar-refractivity contribution in [1.29, 1.82) is 0 Å². The van der Waals surface area contributed by atoms with Gasteiger partial charge >= 0.3 is 12.1 Å². The number of carboxylic acid groups (broad SMARTS) is 1. The average Bonchev–Trinajstić information content (AvgIpc) is 3.68. The Hall–Kier alpha value is -4.40. The number of aliphatic carboxylic acids is 1. The Bertz CT molecular complexity index is 1610. The molecule has 0 bridgehead atoms. The highest BCUT2D eigenvalue weighted by atomic mass is 31.2. The Kier molecular flexibility index (Phi) is 9.82. The Labute approximate surface area is 255 Å². The molecule has 1 heterocycles. The largest absolute Gasteiger partial charge is 0.480 e. The molecule has 1 aliphatic rings. The highest BCUT2D eigenvalue weighted by Crippen LogP contribution is 2.58. The van der Waals surface area contributed by atoms with Crippen LogP contribution in [0.4, 0.5) is 4.79 Å². The summed E-state index contributed by atoms with van der Waals surface area (Å²) in [5, 5.41) is 16.1. The molecule has 4 aromatic rings. The molecule has 5 N–H and O–H groups in total. The number of hydrogen-bond donors (Lipinski definition) is 5. The van der Waals surface area contributed by atoms with Crippen LogP contribution in [0.2, 0.25) is 0 Å². The molecule has 2 amide bonds. The maximum atomic E-state index is 14.2. The monoisotopic (exact) mass is 617 g/mol. The second-order valence-electron chi connectivity index (χ2n) is 11.2. The number of nitrogens with one attached hydrogen (secondary N) is 3. The molecule has 1 saturated carbocycles. The van der Waals surface area contributed by atoms with E-state index in [9.17, 15) is 28.9 Å². The summed E-state index contributed by atoms with van der Waals surface area (Å²) in [7, 11) is -4.26. The lowest BCUT2D eigenvalue weighted by Crippen LogP contribution is -2.47. The number of aromatic amines is 1. The standard InChI is InChI=1S/C33H36N3O7P/c37-31(35-28(32(38)39)20-25-19-24-14-7-8-16-27(24)34-25)26-15-9-17-29(26)44(41,42)30(18-22-10-3-1-4-11-22)36-33(40)43-21-23-12-5-2-6-13-23/h1-8,10-14,16,19,26,28-30,34H,9,15,17-18,20-21H2,(H,35,37)(H,36,40)(H,38,39)(H,41,42). The number of carbonyl (C=O) groups is 3. The molecule has 11 heteroatoms. The van der Waals surface area contributed by atoms with Gasteiger partial charge in [0.25, 0.3) is 0 Å². The third kappa shape index (κ3) is 7.56. The van der Waals surface area contributed by atoms with Gasteiger partial charge in [-0.25, -0.2) is 9.59 Å². The summed E-state index contributed by atoms with van der Waals surface area (Å²) in [5.41, 5.74) is 2.04. The summed E-state index contributed by atoms with van der Waals surface area (Å²) >= 11 is 0. The molecule has 1 fully saturated rings. The Morgan fingerprint density at radius 2 is 1.55 bits per heavy atom. The zero-order chi connectivity index (χ0) is 31.1. The van der Waals surface area contributed by atoms with Gasteiger partial charge in [-0.2, -0.15) is 0 Å². The van der Waals surface area contributed by atoms with Crippen LogP contribution in [0.5, 0.6) is 0 Å². The molecule has 0 radical (unpaired) electrons. The zero-order valence-corrected chi connectivity index (χ0v) is 25.0. The molecule has 0 saturated heterocycles. The van der Waals surface area contributed by atoms with Crippen LogP contribution >= 0.6 is 7.37 Å². The van der Waals surface area contributed by atoms with Crippen molar-refractivity contribution in [2.75, 3.05) is 0 Å². The number of carboxylic acids is 1. The molecule has 0 spiro atoms. The molecule has 3 aromatic carbocycles. The van der Waals surface area contributed by atoms with E-state index < -0.39 is 48.7 Å². The topological polar surface area (TPSA) is 158 Å². The summed E-state index contributed by atoms with van der Waals surface area (Å²) in [4.78, 5) is 53.3. The third-order valence-corrected chi connectivity index (χ3v) is 10.9. The van der Waals surface area contributed by atoms with E-state index >= 15 is 0 Å². The van der Waals surface area contributed by atoms with Crippen LogP contribution in [-0.4, -0.2) is 50.4 Å². The van der Waals surface area contributed by atoms with Gasteiger partial charge in [0.05, 0.1) is 0 Å². The fourth-order valence-electron chi connectivity index (χ4n) is 5.87. The second kappa shape index (κ2) is 13.9. The van der Waals surface area contributed by atoms with Crippen LogP contribution in [0.1, 0.15) is 36.1 Å². The molecule has 5 unspecified atom stereocenters. The molecular formula is C33H36N3O7P. The number of aromatic nitrogens is 1. The second-order valence-corrected chi connectivity index (χ2v) is 13.8. The van der Waals surface area contributed by atoms with Crippen molar-refractivity contribution in [3.8, 4) is 0 Å². The lowest BCUT2D eigenvalue weighted by Gasteiger charge is -2.31. The van der Waals surface area contributed by atoms with Gasteiger partial charge < -0.3 is 30.4 Å². The first-order chi connectivity index (χ1) is 21.2. The van der Waals surface area contributed by atoms with Gasteiger partial charge in [-0.1, -0.05) is 85.3 Å². The maximum absolute atomic E-state index is 14.2. The van der Waals surface area contributed by atoms with E-state index in [1.165, 1.54) is 0 Å². The van der Waals surface area contributed by atoms with E-state index in [1.54, 1.807) is 36.4 Å². The number of alkyl carbamates (subject to hydrolysis) is 1. The van der Waals surface area contributed by atoms with Crippen molar-refractivity contribution in [2.45, 2.75) is 56.2 Å². The predicted octanol–water partition coefficient (Wildman–Crippen LogP) is 5.21. The molecule has 230 valence electrons. The number of para-hydroxylation sites is 1. The summed E-state index contributed by atoms with van der Waals surface area (Å²) in [6.07, 6.45) is 0.373. The minimum atomic E-state index is -4.26. The van der Waals surface area contributed by atoms with E-state index in [0.717, 1.165) is 22.0 Å². The van der Waals surface area contributed by atoms with Crippen LogP contribution in [-0.2, 0) is 38.3 Å². The van der Waals surface area contributed by atoms with Crippen molar-refractivity contribution in [3.63, 3.8) is 0 Å². The molecule has 10 nitrogen and oxygen atoms in total. The van der Waals surface area contributed by atoms with Gasteiger partial charge in [0.1, 0.15) is 18.4 Å². The van der Waals surface area contributed by atoms with Gasteiger partial charge in [0.2, 0.25) is 13.3 Å². The van der Waals surface area contributed by atoms with Crippen molar-refractivity contribution in [1.82, 2.24) is 15.6 Å². The van der Waals surface area contributed by atoms with Crippen LogP contribution in [0.3, 0.4) is 0 Å². The van der Waals surface area contributed by atoms with Crippen LogP contribution in [0.25, 0.3) is 10.9 Å². The normalized spacial score (nSPS) is 19.0. The fourth-order valence-corrected chi connectivity index (χ4v) is 8.45. The molecule has 1 aromatic heterocycles. The molecule has 0 aliphatic heterocycles. The van der Waals surface area contributed by atoms with E-state index in [4.69, 9.17) is 4.74 Å². The summed E-state index contributed by atoms with van der Waals surface area (Å²) in [6.45, 7) is -0.0120. The first kappa shape index (κ1) is 31.0. The van der Waals surface area contributed by atoms with Crippen molar-refractivity contribution in [2.24, 2.45) is 5.92 Å². The van der Waals surface area contributed by atoms with Crippen LogP contribution in [0, 0.1) is 5.92 Å². The van der Waals surface area contributed by atoms with Crippen molar-refractivity contribution >= 4 is 36.2 Å². The highest BCUT2D eigenvalue weighted by Gasteiger charge is 2.49. The fraction of sp³-hybridized carbons (Fsp3) is 0.303. The lowest BCUT2D eigenvalue weighted by molar-refractivity contribution is -0.142. The molecular weight excluding hydrogens is 581 g/mol. The lowest BCUT2D eigenvalue weighted by atomic mass is 10.1. The molecule has 44 heavy (non-hydrogen) atoms. The number of rotatable bonds is 12. The molecule has 5 rings (SSSR count). The van der Waals surface area contributed by atoms with Gasteiger partial charge in [-0.05, 0) is 41.5 Å².